The van der Waals surface area contributed by atoms with Crippen molar-refractivity contribution in [2.45, 2.75) is 20.0 Å². The third-order valence-electron chi connectivity index (χ3n) is 4.00. The van der Waals surface area contributed by atoms with E-state index >= 15 is 0 Å². The molecule has 10 heteroatoms. The summed E-state index contributed by atoms with van der Waals surface area (Å²) in [7, 11) is 1.85. The third kappa shape index (κ3) is 3.00. The SMILES string of the molecule is CCn1cc2sc(CN(N)c3nc(-c4cnn(C)c4)cnc3N)cc2n1. The number of hydrogen-bond acceptors (Lipinski definition) is 8. The maximum absolute atomic E-state index is 6.24. The second kappa shape index (κ2) is 6.39. The molecule has 0 amide bonds. The topological polar surface area (TPSA) is 117 Å². The number of aromatic nitrogens is 6. The fraction of sp³-hybridized carbons (Fsp3) is 0.250. The van der Waals surface area contributed by atoms with E-state index in [1.807, 2.05) is 30.2 Å². The first-order chi connectivity index (χ1) is 12.5. The predicted octanol–water partition coefficient (Wildman–Crippen LogP) is 1.77. The van der Waals surface area contributed by atoms with Crippen LogP contribution in [0.5, 0.6) is 0 Å². The van der Waals surface area contributed by atoms with Gasteiger partial charge in [-0.25, -0.2) is 15.8 Å². The van der Waals surface area contributed by atoms with Gasteiger partial charge in [-0.1, -0.05) is 0 Å². The molecule has 4 aromatic heterocycles. The fourth-order valence-corrected chi connectivity index (χ4v) is 3.73. The number of nitrogens with zero attached hydrogens (tertiary/aromatic N) is 7. The Morgan fingerprint density at radius 1 is 1.27 bits per heavy atom. The van der Waals surface area contributed by atoms with E-state index in [1.165, 1.54) is 5.01 Å². The van der Waals surface area contributed by atoms with E-state index in [-0.39, 0.29) is 5.82 Å². The first-order valence-electron chi connectivity index (χ1n) is 8.13. The Hall–Kier alpha value is -2.98. The predicted molar refractivity (Wildman–Crippen MR) is 102 cm³/mol. The van der Waals surface area contributed by atoms with Gasteiger partial charge in [-0.3, -0.25) is 14.4 Å². The van der Waals surface area contributed by atoms with Crippen molar-refractivity contribution >= 4 is 33.2 Å². The molecule has 0 aliphatic heterocycles. The summed E-state index contributed by atoms with van der Waals surface area (Å²) in [4.78, 5) is 9.88. The molecule has 4 rings (SSSR count). The van der Waals surface area contributed by atoms with Crippen molar-refractivity contribution in [1.29, 1.82) is 0 Å². The second-order valence-corrected chi connectivity index (χ2v) is 7.11. The molecule has 0 saturated carbocycles. The minimum atomic E-state index is 0.289. The second-order valence-electron chi connectivity index (χ2n) is 5.94. The Morgan fingerprint density at radius 2 is 2.12 bits per heavy atom. The number of aryl methyl sites for hydroxylation is 2. The first kappa shape index (κ1) is 16.5. The molecule has 134 valence electrons. The van der Waals surface area contributed by atoms with Crippen molar-refractivity contribution in [1.82, 2.24) is 29.5 Å². The lowest BCUT2D eigenvalue weighted by Gasteiger charge is -2.18. The van der Waals surface area contributed by atoms with E-state index in [9.17, 15) is 0 Å². The Labute approximate surface area is 153 Å². The van der Waals surface area contributed by atoms with Crippen LogP contribution in [-0.4, -0.2) is 29.5 Å². The van der Waals surface area contributed by atoms with Gasteiger partial charge in [-0.15, -0.1) is 11.3 Å². The summed E-state index contributed by atoms with van der Waals surface area (Å²) < 4.78 is 4.77. The highest BCUT2D eigenvalue weighted by Gasteiger charge is 2.15. The first-order valence-corrected chi connectivity index (χ1v) is 8.94. The highest BCUT2D eigenvalue weighted by atomic mass is 32.1. The van der Waals surface area contributed by atoms with Gasteiger partial charge < -0.3 is 5.73 Å². The zero-order chi connectivity index (χ0) is 18.3. The number of nitrogen functional groups attached to an aromatic ring is 1. The molecular weight excluding hydrogens is 350 g/mol. The molecule has 0 radical (unpaired) electrons. The van der Waals surface area contributed by atoms with E-state index in [1.54, 1.807) is 28.4 Å². The van der Waals surface area contributed by atoms with Crippen molar-refractivity contribution in [3.05, 3.63) is 35.7 Å². The van der Waals surface area contributed by atoms with Crippen LogP contribution in [0.1, 0.15) is 11.8 Å². The van der Waals surface area contributed by atoms with Crippen LogP contribution in [0.2, 0.25) is 0 Å². The molecule has 0 atom stereocenters. The lowest BCUT2D eigenvalue weighted by Crippen LogP contribution is -2.31. The molecule has 0 unspecified atom stereocenters. The minimum Gasteiger partial charge on any atom is -0.381 e. The number of hydrogen-bond donors (Lipinski definition) is 2. The molecule has 0 bridgehead atoms. The summed E-state index contributed by atoms with van der Waals surface area (Å²) in [6.45, 7) is 3.39. The van der Waals surface area contributed by atoms with Gasteiger partial charge in [0, 0.05) is 36.4 Å². The van der Waals surface area contributed by atoms with E-state index in [2.05, 4.69) is 27.1 Å². The largest absolute Gasteiger partial charge is 0.381 e. The number of nitrogens with two attached hydrogens (primary N) is 2. The zero-order valence-corrected chi connectivity index (χ0v) is 15.3. The zero-order valence-electron chi connectivity index (χ0n) is 14.5. The van der Waals surface area contributed by atoms with Crippen molar-refractivity contribution < 1.29 is 0 Å². The summed E-state index contributed by atoms with van der Waals surface area (Å²) in [6.07, 6.45) is 7.26. The van der Waals surface area contributed by atoms with Crippen LogP contribution in [0, 0.1) is 0 Å². The summed E-state index contributed by atoms with van der Waals surface area (Å²) in [5.74, 6) is 6.97. The average Bonchev–Trinajstić information content (AvgIpc) is 3.29. The molecule has 26 heavy (non-hydrogen) atoms. The van der Waals surface area contributed by atoms with Crippen LogP contribution >= 0.6 is 11.3 Å². The molecule has 4 aromatic rings. The minimum absolute atomic E-state index is 0.289. The number of fused-ring (bicyclic) bond motifs is 1. The molecular formula is C16H19N9S. The van der Waals surface area contributed by atoms with Gasteiger partial charge in [0.05, 0.1) is 29.3 Å². The fourth-order valence-electron chi connectivity index (χ4n) is 2.70. The van der Waals surface area contributed by atoms with Crippen molar-refractivity contribution in [2.24, 2.45) is 12.9 Å². The maximum atomic E-state index is 6.24. The van der Waals surface area contributed by atoms with Crippen LogP contribution in [0.15, 0.2) is 30.9 Å². The van der Waals surface area contributed by atoms with Gasteiger partial charge in [-0.2, -0.15) is 10.2 Å². The van der Waals surface area contributed by atoms with Crippen LogP contribution in [-0.2, 0) is 20.1 Å². The molecule has 0 aliphatic carbocycles. The Kier molecular flexibility index (Phi) is 4.05. The highest BCUT2D eigenvalue weighted by molar-refractivity contribution is 7.19. The molecule has 9 nitrogen and oxygen atoms in total. The van der Waals surface area contributed by atoms with Crippen molar-refractivity contribution in [3.8, 4) is 11.3 Å². The van der Waals surface area contributed by atoms with Gasteiger partial charge in [0.15, 0.2) is 11.6 Å². The molecule has 0 fully saturated rings. The molecule has 0 spiro atoms. The van der Waals surface area contributed by atoms with Crippen molar-refractivity contribution in [3.63, 3.8) is 0 Å². The average molecular weight is 369 g/mol. The molecule has 4 N–H and O–H groups in total. The maximum Gasteiger partial charge on any atom is 0.186 e. The summed E-state index contributed by atoms with van der Waals surface area (Å²) in [5.41, 5.74) is 8.50. The molecule has 4 heterocycles. The van der Waals surface area contributed by atoms with E-state index in [0.29, 0.717) is 18.1 Å². The lowest BCUT2D eigenvalue weighted by molar-refractivity contribution is 0.668. The van der Waals surface area contributed by atoms with E-state index in [0.717, 1.165) is 27.2 Å². The summed E-state index contributed by atoms with van der Waals surface area (Å²) in [5, 5.41) is 10.2. The number of anilines is 2. The number of thiophene rings is 1. The molecule has 0 saturated heterocycles. The smallest absolute Gasteiger partial charge is 0.186 e. The Morgan fingerprint density at radius 3 is 2.81 bits per heavy atom. The standard InChI is InChI=1S/C16H19N9S/c1-3-24-9-14-12(22-24)4-11(26-14)8-25(18)16-15(17)19-6-13(21-16)10-5-20-23(2)7-10/h4-7,9H,3,8,18H2,1-2H3,(H2,17,19). The van der Waals surface area contributed by atoms with Gasteiger partial charge >= 0.3 is 0 Å². The Bertz CT molecular complexity index is 1030. The van der Waals surface area contributed by atoms with E-state index in [4.69, 9.17) is 11.6 Å². The number of rotatable bonds is 5. The van der Waals surface area contributed by atoms with Crippen molar-refractivity contribution in [2.75, 3.05) is 10.7 Å². The lowest BCUT2D eigenvalue weighted by atomic mass is 10.2. The van der Waals surface area contributed by atoms with E-state index < -0.39 is 0 Å². The highest BCUT2D eigenvalue weighted by Crippen LogP contribution is 2.28. The summed E-state index contributed by atoms with van der Waals surface area (Å²) in [6, 6.07) is 2.04. The quantitative estimate of drug-likeness (QED) is 0.407. The molecule has 0 aliphatic rings. The van der Waals surface area contributed by atoms with Gasteiger partial charge in [-0.05, 0) is 13.0 Å². The normalized spacial score (nSPS) is 11.3. The Balaban J connectivity index is 1.60. The summed E-state index contributed by atoms with van der Waals surface area (Å²) >= 11 is 1.66. The van der Waals surface area contributed by atoms with Gasteiger partial charge in [0.1, 0.15) is 5.52 Å². The van der Waals surface area contributed by atoms with Crippen LogP contribution < -0.4 is 16.6 Å². The van der Waals surface area contributed by atoms with Gasteiger partial charge in [0.2, 0.25) is 0 Å². The monoisotopic (exact) mass is 369 g/mol. The molecule has 0 aromatic carbocycles. The number of hydrazine groups is 1. The third-order valence-corrected chi connectivity index (χ3v) is 5.04. The van der Waals surface area contributed by atoms with Crippen LogP contribution in [0.25, 0.3) is 21.5 Å². The van der Waals surface area contributed by atoms with Crippen LogP contribution in [0.4, 0.5) is 11.6 Å². The van der Waals surface area contributed by atoms with Crippen LogP contribution in [0.3, 0.4) is 0 Å². The van der Waals surface area contributed by atoms with Gasteiger partial charge in [0.25, 0.3) is 0 Å².